The third-order valence-corrected chi connectivity index (χ3v) is 4.20. The van der Waals surface area contributed by atoms with Crippen molar-refractivity contribution in [3.8, 4) is 0 Å². The van der Waals surface area contributed by atoms with Crippen LogP contribution >= 0.6 is 0 Å². The standard InChI is InChI=1S/C17H25N3O2/c1-12-6-5-9-14(10-12)19-16(21)15(20-17(18)22)11-13-7-3-2-4-8-13/h2-4,7-8,12,14-15H,5-6,9-11H2,1H3,(H,19,21)(H3,18,20,22). The third-order valence-electron chi connectivity index (χ3n) is 4.20. The van der Waals surface area contributed by atoms with E-state index in [2.05, 4.69) is 17.6 Å². The zero-order valence-electron chi connectivity index (χ0n) is 13.0. The van der Waals surface area contributed by atoms with Gasteiger partial charge < -0.3 is 16.4 Å². The van der Waals surface area contributed by atoms with Crippen LogP contribution in [-0.2, 0) is 11.2 Å². The summed E-state index contributed by atoms with van der Waals surface area (Å²) in [6, 6.07) is 8.52. The van der Waals surface area contributed by atoms with E-state index < -0.39 is 12.1 Å². The highest BCUT2D eigenvalue weighted by Gasteiger charge is 2.25. The molecule has 1 fully saturated rings. The Bertz CT molecular complexity index is 504. The van der Waals surface area contributed by atoms with Crippen LogP contribution in [0.2, 0.25) is 0 Å². The molecule has 1 saturated carbocycles. The Kier molecular flexibility index (Phi) is 5.81. The molecule has 0 heterocycles. The maximum Gasteiger partial charge on any atom is 0.312 e. The van der Waals surface area contributed by atoms with Crippen molar-refractivity contribution in [2.45, 2.75) is 51.1 Å². The van der Waals surface area contributed by atoms with Gasteiger partial charge in [0.1, 0.15) is 6.04 Å². The van der Waals surface area contributed by atoms with Crippen LogP contribution in [0.4, 0.5) is 4.79 Å². The van der Waals surface area contributed by atoms with Crippen molar-refractivity contribution in [1.29, 1.82) is 0 Å². The van der Waals surface area contributed by atoms with Crippen molar-refractivity contribution in [2.24, 2.45) is 11.7 Å². The number of rotatable bonds is 5. The third kappa shape index (κ3) is 5.06. The summed E-state index contributed by atoms with van der Waals surface area (Å²) in [6.07, 6.45) is 4.81. The molecule has 0 bridgehead atoms. The lowest BCUT2D eigenvalue weighted by atomic mass is 9.87. The maximum atomic E-state index is 12.5. The smallest absolute Gasteiger partial charge is 0.312 e. The number of nitrogens with one attached hydrogen (secondary N) is 2. The monoisotopic (exact) mass is 303 g/mol. The van der Waals surface area contributed by atoms with Gasteiger partial charge in [-0.05, 0) is 24.3 Å². The molecule has 0 saturated heterocycles. The Hall–Kier alpha value is -2.04. The predicted octanol–water partition coefficient (Wildman–Crippen LogP) is 1.96. The van der Waals surface area contributed by atoms with Crippen LogP contribution in [0.25, 0.3) is 0 Å². The minimum absolute atomic E-state index is 0.151. The second-order valence-corrected chi connectivity index (χ2v) is 6.23. The van der Waals surface area contributed by atoms with Gasteiger partial charge in [-0.1, -0.05) is 50.1 Å². The van der Waals surface area contributed by atoms with Crippen LogP contribution in [0, 0.1) is 5.92 Å². The Morgan fingerprint density at radius 2 is 2.00 bits per heavy atom. The van der Waals surface area contributed by atoms with Gasteiger partial charge in [-0.25, -0.2) is 4.79 Å². The Morgan fingerprint density at radius 3 is 2.64 bits per heavy atom. The van der Waals surface area contributed by atoms with Crippen LogP contribution in [0.5, 0.6) is 0 Å². The van der Waals surface area contributed by atoms with E-state index in [0.717, 1.165) is 24.8 Å². The van der Waals surface area contributed by atoms with E-state index in [1.165, 1.54) is 6.42 Å². The molecule has 3 unspecified atom stereocenters. The molecule has 3 atom stereocenters. The summed E-state index contributed by atoms with van der Waals surface area (Å²) in [5.41, 5.74) is 6.20. The molecule has 3 amide bonds. The topological polar surface area (TPSA) is 84.2 Å². The van der Waals surface area contributed by atoms with E-state index in [1.54, 1.807) is 0 Å². The number of amides is 3. The minimum atomic E-state index is -0.673. The summed E-state index contributed by atoms with van der Waals surface area (Å²) in [5, 5.41) is 5.62. The molecular weight excluding hydrogens is 278 g/mol. The van der Waals surface area contributed by atoms with Crippen LogP contribution in [0.1, 0.15) is 38.2 Å². The van der Waals surface area contributed by atoms with Gasteiger partial charge in [0.05, 0.1) is 0 Å². The number of primary amides is 1. The SMILES string of the molecule is CC1CCCC(NC(=O)C(Cc2ccccc2)NC(N)=O)C1. The first kappa shape index (κ1) is 16.3. The van der Waals surface area contributed by atoms with Crippen LogP contribution in [-0.4, -0.2) is 24.0 Å². The molecule has 0 radical (unpaired) electrons. The number of carbonyl (C=O) groups excluding carboxylic acids is 2. The number of hydrogen-bond acceptors (Lipinski definition) is 2. The molecule has 120 valence electrons. The van der Waals surface area contributed by atoms with Crippen molar-refractivity contribution >= 4 is 11.9 Å². The van der Waals surface area contributed by atoms with E-state index in [1.807, 2.05) is 30.3 Å². The van der Waals surface area contributed by atoms with Crippen LogP contribution in [0.3, 0.4) is 0 Å². The van der Waals surface area contributed by atoms with Gasteiger partial charge in [0.25, 0.3) is 0 Å². The van der Waals surface area contributed by atoms with Gasteiger partial charge in [0, 0.05) is 12.5 Å². The molecule has 5 heteroatoms. The highest BCUT2D eigenvalue weighted by molar-refractivity contribution is 5.87. The molecule has 1 aromatic rings. The summed E-state index contributed by atoms with van der Waals surface area (Å²) in [6.45, 7) is 2.21. The lowest BCUT2D eigenvalue weighted by Gasteiger charge is -2.29. The van der Waals surface area contributed by atoms with Gasteiger partial charge >= 0.3 is 6.03 Å². The average Bonchev–Trinajstić information content (AvgIpc) is 2.47. The fourth-order valence-corrected chi connectivity index (χ4v) is 3.10. The van der Waals surface area contributed by atoms with Crippen molar-refractivity contribution in [1.82, 2.24) is 10.6 Å². The number of hydrogen-bond donors (Lipinski definition) is 3. The van der Waals surface area contributed by atoms with E-state index in [9.17, 15) is 9.59 Å². The molecule has 0 spiro atoms. The highest BCUT2D eigenvalue weighted by atomic mass is 16.2. The van der Waals surface area contributed by atoms with E-state index in [0.29, 0.717) is 12.3 Å². The summed E-state index contributed by atoms with van der Waals surface area (Å²) >= 11 is 0. The second kappa shape index (κ2) is 7.82. The Labute approximate surface area is 131 Å². The molecule has 5 nitrogen and oxygen atoms in total. The molecule has 0 aromatic heterocycles. The minimum Gasteiger partial charge on any atom is -0.352 e. The fraction of sp³-hybridized carbons (Fsp3) is 0.529. The second-order valence-electron chi connectivity index (χ2n) is 6.23. The zero-order chi connectivity index (χ0) is 15.9. The van der Waals surface area contributed by atoms with Crippen LogP contribution in [0.15, 0.2) is 30.3 Å². The van der Waals surface area contributed by atoms with Gasteiger partial charge in [-0.3, -0.25) is 4.79 Å². The largest absolute Gasteiger partial charge is 0.352 e. The maximum absolute atomic E-state index is 12.5. The first-order valence-corrected chi connectivity index (χ1v) is 7.95. The van der Waals surface area contributed by atoms with Crippen molar-refractivity contribution in [2.75, 3.05) is 0 Å². The van der Waals surface area contributed by atoms with Crippen LogP contribution < -0.4 is 16.4 Å². The molecule has 2 rings (SSSR count). The fourth-order valence-electron chi connectivity index (χ4n) is 3.10. The van der Waals surface area contributed by atoms with E-state index in [-0.39, 0.29) is 11.9 Å². The normalized spacial score (nSPS) is 22.6. The summed E-state index contributed by atoms with van der Waals surface area (Å²) in [7, 11) is 0. The number of benzene rings is 1. The van der Waals surface area contributed by atoms with Gasteiger partial charge in [0.15, 0.2) is 0 Å². The average molecular weight is 303 g/mol. The molecule has 0 aliphatic heterocycles. The quantitative estimate of drug-likeness (QED) is 0.777. The molecule has 1 aliphatic rings. The molecular formula is C17H25N3O2. The number of nitrogens with two attached hydrogens (primary N) is 1. The summed E-state index contributed by atoms with van der Waals surface area (Å²) < 4.78 is 0. The number of carbonyl (C=O) groups is 2. The highest BCUT2D eigenvalue weighted by Crippen LogP contribution is 2.23. The lowest BCUT2D eigenvalue weighted by molar-refractivity contribution is -0.123. The Balaban J connectivity index is 1.98. The number of urea groups is 1. The van der Waals surface area contributed by atoms with Crippen molar-refractivity contribution in [3.63, 3.8) is 0 Å². The molecule has 1 aliphatic carbocycles. The van der Waals surface area contributed by atoms with E-state index in [4.69, 9.17) is 5.73 Å². The molecule has 1 aromatic carbocycles. The first-order valence-electron chi connectivity index (χ1n) is 7.95. The van der Waals surface area contributed by atoms with Crippen molar-refractivity contribution < 1.29 is 9.59 Å². The first-order chi connectivity index (χ1) is 10.5. The molecule has 22 heavy (non-hydrogen) atoms. The van der Waals surface area contributed by atoms with Crippen molar-refractivity contribution in [3.05, 3.63) is 35.9 Å². The van der Waals surface area contributed by atoms with Gasteiger partial charge in [0.2, 0.25) is 5.91 Å². The summed E-state index contributed by atoms with van der Waals surface area (Å²) in [5.74, 6) is 0.484. The van der Waals surface area contributed by atoms with Gasteiger partial charge in [-0.15, -0.1) is 0 Å². The summed E-state index contributed by atoms with van der Waals surface area (Å²) in [4.78, 5) is 23.7. The lowest BCUT2D eigenvalue weighted by Crippen LogP contribution is -2.52. The zero-order valence-corrected chi connectivity index (χ0v) is 13.0. The van der Waals surface area contributed by atoms with Gasteiger partial charge in [-0.2, -0.15) is 0 Å². The van der Waals surface area contributed by atoms with E-state index >= 15 is 0 Å². The predicted molar refractivity (Wildman–Crippen MR) is 86.2 cm³/mol. The Morgan fingerprint density at radius 1 is 1.27 bits per heavy atom. The molecule has 4 N–H and O–H groups in total.